The molecule has 0 atom stereocenters. The lowest BCUT2D eigenvalue weighted by molar-refractivity contribution is 0.153. The molecule has 1 N–H and O–H groups in total. The Hall–Kier alpha value is -0.340. The van der Waals surface area contributed by atoms with Gasteiger partial charge in [-0.2, -0.15) is 0 Å². The van der Waals surface area contributed by atoms with Crippen molar-refractivity contribution in [3.05, 3.63) is 12.7 Å². The van der Waals surface area contributed by atoms with Crippen LogP contribution in [0, 0.1) is 0 Å². The van der Waals surface area contributed by atoms with E-state index >= 15 is 0 Å². The first-order valence-corrected chi connectivity index (χ1v) is 5.84. The van der Waals surface area contributed by atoms with E-state index in [-0.39, 0.29) is 6.61 Å². The maximum absolute atomic E-state index is 8.99. The summed E-state index contributed by atoms with van der Waals surface area (Å²) in [6, 6.07) is 0.683. The minimum Gasteiger partial charge on any atom is -0.395 e. The van der Waals surface area contributed by atoms with E-state index in [4.69, 9.17) is 5.11 Å². The molecule has 0 bridgehead atoms. The molecule has 0 radical (unpaired) electrons. The van der Waals surface area contributed by atoms with Gasteiger partial charge in [-0.25, -0.2) is 0 Å². The summed E-state index contributed by atoms with van der Waals surface area (Å²) in [5, 5.41) is 8.99. The molecule has 82 valence electrons. The van der Waals surface area contributed by atoms with E-state index in [9.17, 15) is 0 Å². The van der Waals surface area contributed by atoms with E-state index in [1.807, 2.05) is 6.08 Å². The second-order valence-electron chi connectivity index (χ2n) is 4.15. The molecule has 0 aromatic rings. The van der Waals surface area contributed by atoms with E-state index in [0.29, 0.717) is 6.04 Å². The summed E-state index contributed by atoms with van der Waals surface area (Å²) >= 11 is 0. The van der Waals surface area contributed by atoms with Crippen LogP contribution in [0.5, 0.6) is 0 Å². The third kappa shape index (κ3) is 3.81. The zero-order valence-corrected chi connectivity index (χ0v) is 9.12. The van der Waals surface area contributed by atoms with Crippen molar-refractivity contribution in [1.29, 1.82) is 0 Å². The number of hydrogen-bond donors (Lipinski definition) is 1. The van der Waals surface area contributed by atoms with Crippen molar-refractivity contribution in [2.24, 2.45) is 0 Å². The van der Waals surface area contributed by atoms with Crippen molar-refractivity contribution in [3.63, 3.8) is 0 Å². The SMILES string of the molecule is C=CCN(CCO)C1CCCCCC1. The van der Waals surface area contributed by atoms with Crippen LogP contribution in [-0.2, 0) is 0 Å². The number of rotatable bonds is 5. The Balaban J connectivity index is 2.41. The van der Waals surface area contributed by atoms with Crippen LogP contribution in [0.2, 0.25) is 0 Å². The Morgan fingerprint density at radius 1 is 1.21 bits per heavy atom. The van der Waals surface area contributed by atoms with E-state index in [1.165, 1.54) is 38.5 Å². The summed E-state index contributed by atoms with van der Waals surface area (Å²) in [4.78, 5) is 2.37. The highest BCUT2D eigenvalue weighted by atomic mass is 16.3. The largest absolute Gasteiger partial charge is 0.395 e. The van der Waals surface area contributed by atoms with Gasteiger partial charge in [-0.3, -0.25) is 4.90 Å². The maximum Gasteiger partial charge on any atom is 0.0558 e. The molecule has 0 saturated heterocycles. The highest BCUT2D eigenvalue weighted by Crippen LogP contribution is 2.21. The van der Waals surface area contributed by atoms with Crippen LogP contribution in [-0.4, -0.2) is 35.7 Å². The van der Waals surface area contributed by atoms with Gasteiger partial charge < -0.3 is 5.11 Å². The molecule has 0 aromatic carbocycles. The molecular weight excluding hydrogens is 174 g/mol. The van der Waals surface area contributed by atoms with E-state index in [2.05, 4.69) is 11.5 Å². The third-order valence-electron chi connectivity index (χ3n) is 3.09. The molecule has 0 spiro atoms. The molecule has 2 heteroatoms. The second-order valence-corrected chi connectivity index (χ2v) is 4.15. The van der Waals surface area contributed by atoms with Crippen LogP contribution in [0.15, 0.2) is 12.7 Å². The molecule has 0 aromatic heterocycles. The first kappa shape index (κ1) is 11.7. The monoisotopic (exact) mass is 197 g/mol. The lowest BCUT2D eigenvalue weighted by Crippen LogP contribution is -2.37. The molecule has 1 saturated carbocycles. The van der Waals surface area contributed by atoms with Gasteiger partial charge in [-0.1, -0.05) is 31.8 Å². The average molecular weight is 197 g/mol. The van der Waals surface area contributed by atoms with Gasteiger partial charge in [0.2, 0.25) is 0 Å². The summed E-state index contributed by atoms with van der Waals surface area (Å²) in [6.45, 7) is 5.77. The average Bonchev–Trinajstić information content (AvgIpc) is 2.45. The Morgan fingerprint density at radius 3 is 2.36 bits per heavy atom. The van der Waals surface area contributed by atoms with Crippen LogP contribution < -0.4 is 0 Å². The molecule has 1 aliphatic carbocycles. The van der Waals surface area contributed by atoms with E-state index in [0.717, 1.165) is 13.1 Å². The van der Waals surface area contributed by atoms with Crippen molar-refractivity contribution in [2.45, 2.75) is 44.6 Å². The van der Waals surface area contributed by atoms with Crippen molar-refractivity contribution >= 4 is 0 Å². The van der Waals surface area contributed by atoms with Gasteiger partial charge in [0.05, 0.1) is 6.61 Å². The zero-order chi connectivity index (χ0) is 10.2. The number of aliphatic hydroxyl groups excluding tert-OH is 1. The molecule has 0 heterocycles. The number of aliphatic hydroxyl groups is 1. The Bertz CT molecular complexity index is 150. The Labute approximate surface area is 87.6 Å². The highest BCUT2D eigenvalue weighted by molar-refractivity contribution is 4.80. The summed E-state index contributed by atoms with van der Waals surface area (Å²) in [7, 11) is 0. The molecule has 1 aliphatic rings. The normalized spacial score (nSPS) is 19.6. The fourth-order valence-electron chi connectivity index (χ4n) is 2.34. The van der Waals surface area contributed by atoms with Crippen LogP contribution in [0.3, 0.4) is 0 Å². The summed E-state index contributed by atoms with van der Waals surface area (Å²) in [6.07, 6.45) is 10.0. The predicted octanol–water partition coefficient (Wildman–Crippen LogP) is 2.19. The van der Waals surface area contributed by atoms with Crippen LogP contribution in [0.4, 0.5) is 0 Å². The van der Waals surface area contributed by atoms with Crippen molar-refractivity contribution in [3.8, 4) is 0 Å². The smallest absolute Gasteiger partial charge is 0.0558 e. The number of hydrogen-bond acceptors (Lipinski definition) is 2. The quantitative estimate of drug-likeness (QED) is 0.539. The lowest BCUT2D eigenvalue weighted by Gasteiger charge is -2.29. The topological polar surface area (TPSA) is 23.5 Å². The maximum atomic E-state index is 8.99. The van der Waals surface area contributed by atoms with Crippen molar-refractivity contribution in [1.82, 2.24) is 4.90 Å². The van der Waals surface area contributed by atoms with Crippen LogP contribution in [0.1, 0.15) is 38.5 Å². The Morgan fingerprint density at radius 2 is 1.86 bits per heavy atom. The van der Waals surface area contributed by atoms with E-state index < -0.39 is 0 Å². The zero-order valence-electron chi connectivity index (χ0n) is 9.12. The standard InChI is InChI=1S/C12H23NO/c1-2-9-13(10-11-14)12-7-5-3-4-6-8-12/h2,12,14H,1,3-11H2. The fourth-order valence-corrected chi connectivity index (χ4v) is 2.34. The van der Waals surface area contributed by atoms with Gasteiger partial charge in [-0.15, -0.1) is 6.58 Å². The lowest BCUT2D eigenvalue weighted by atomic mass is 10.1. The van der Waals surface area contributed by atoms with Gasteiger partial charge >= 0.3 is 0 Å². The van der Waals surface area contributed by atoms with Gasteiger partial charge in [0, 0.05) is 19.1 Å². The van der Waals surface area contributed by atoms with Crippen molar-refractivity contribution in [2.75, 3.05) is 19.7 Å². The fraction of sp³-hybridized carbons (Fsp3) is 0.833. The van der Waals surface area contributed by atoms with Crippen molar-refractivity contribution < 1.29 is 5.11 Å². The molecule has 14 heavy (non-hydrogen) atoms. The molecule has 0 aliphatic heterocycles. The van der Waals surface area contributed by atoms with Gasteiger partial charge in [0.1, 0.15) is 0 Å². The molecule has 0 unspecified atom stereocenters. The second kappa shape index (κ2) is 7.02. The minimum absolute atomic E-state index is 0.268. The summed E-state index contributed by atoms with van der Waals surface area (Å²) < 4.78 is 0. The summed E-state index contributed by atoms with van der Waals surface area (Å²) in [5.41, 5.74) is 0. The Kier molecular flexibility index (Phi) is 5.88. The molecule has 1 fully saturated rings. The molecule has 1 rings (SSSR count). The first-order valence-electron chi connectivity index (χ1n) is 5.84. The van der Waals surface area contributed by atoms with Crippen LogP contribution >= 0.6 is 0 Å². The molecule has 0 amide bonds. The third-order valence-corrected chi connectivity index (χ3v) is 3.09. The highest BCUT2D eigenvalue weighted by Gasteiger charge is 2.18. The molecule has 2 nitrogen and oxygen atoms in total. The van der Waals surface area contributed by atoms with Crippen LogP contribution in [0.25, 0.3) is 0 Å². The first-order chi connectivity index (χ1) is 6.88. The molecular formula is C12H23NO. The van der Waals surface area contributed by atoms with E-state index in [1.54, 1.807) is 0 Å². The minimum atomic E-state index is 0.268. The number of nitrogens with zero attached hydrogens (tertiary/aromatic N) is 1. The summed E-state index contributed by atoms with van der Waals surface area (Å²) in [5.74, 6) is 0. The predicted molar refractivity (Wildman–Crippen MR) is 60.3 cm³/mol. The van der Waals surface area contributed by atoms with Gasteiger partial charge in [0.25, 0.3) is 0 Å². The van der Waals surface area contributed by atoms with Gasteiger partial charge in [-0.05, 0) is 12.8 Å². The van der Waals surface area contributed by atoms with Gasteiger partial charge in [0.15, 0.2) is 0 Å².